The molecule has 0 aliphatic heterocycles. The first-order valence-corrected chi connectivity index (χ1v) is 5.77. The number of nitrogens with zero attached hydrogens (tertiary/aromatic N) is 3. The van der Waals surface area contributed by atoms with Gasteiger partial charge in [0, 0.05) is 12.2 Å². The summed E-state index contributed by atoms with van der Waals surface area (Å²) in [5, 5.41) is 7.20. The second kappa shape index (κ2) is 5.54. The normalized spacial score (nSPS) is 12.6. The van der Waals surface area contributed by atoms with Crippen LogP contribution in [0.15, 0.2) is 28.9 Å². The third-order valence-corrected chi connectivity index (χ3v) is 2.58. The molecule has 2 heterocycles. The molecule has 0 saturated carbocycles. The summed E-state index contributed by atoms with van der Waals surface area (Å²) in [5.41, 5.74) is 0.728. The molecule has 0 amide bonds. The highest BCUT2D eigenvalue weighted by Gasteiger charge is 2.09. The first kappa shape index (κ1) is 11.7. The van der Waals surface area contributed by atoms with Crippen LogP contribution < -0.4 is 5.32 Å². The summed E-state index contributed by atoms with van der Waals surface area (Å²) in [4.78, 5) is 8.45. The van der Waals surface area contributed by atoms with Crippen molar-refractivity contribution in [3.05, 3.63) is 30.3 Å². The molecule has 0 bridgehead atoms. The van der Waals surface area contributed by atoms with Crippen molar-refractivity contribution in [2.45, 2.75) is 32.9 Å². The molecule has 0 aliphatic rings. The van der Waals surface area contributed by atoms with E-state index in [1.165, 1.54) is 0 Å². The fourth-order valence-electron chi connectivity index (χ4n) is 1.33. The highest BCUT2D eigenvalue weighted by Crippen LogP contribution is 2.11. The molecule has 2 aromatic heterocycles. The molecule has 0 fully saturated rings. The smallest absolute Gasteiger partial charge is 0.240 e. The van der Waals surface area contributed by atoms with Crippen molar-refractivity contribution < 1.29 is 4.52 Å². The Bertz CT molecular complexity index is 455. The maximum atomic E-state index is 5.15. The first-order chi connectivity index (χ1) is 8.29. The van der Waals surface area contributed by atoms with Crippen LogP contribution in [0.1, 0.15) is 26.2 Å². The Labute approximate surface area is 100 Å². The lowest BCUT2D eigenvalue weighted by Gasteiger charge is -2.07. The number of aromatic nitrogens is 3. The average Bonchev–Trinajstić information content (AvgIpc) is 2.86. The van der Waals surface area contributed by atoms with Gasteiger partial charge in [0.15, 0.2) is 0 Å². The largest absolute Gasteiger partial charge is 0.337 e. The lowest BCUT2D eigenvalue weighted by atomic mass is 10.3. The van der Waals surface area contributed by atoms with Crippen LogP contribution >= 0.6 is 0 Å². The third-order valence-electron chi connectivity index (χ3n) is 2.58. The fraction of sp³-hybridized carbons (Fsp3) is 0.417. The van der Waals surface area contributed by atoms with Gasteiger partial charge in [-0.2, -0.15) is 4.98 Å². The molecule has 0 aromatic carbocycles. The van der Waals surface area contributed by atoms with E-state index in [2.05, 4.69) is 34.3 Å². The van der Waals surface area contributed by atoms with Gasteiger partial charge in [0.2, 0.25) is 11.7 Å². The molecule has 0 spiro atoms. The van der Waals surface area contributed by atoms with Crippen LogP contribution in [0, 0.1) is 0 Å². The summed E-state index contributed by atoms with van der Waals surface area (Å²) in [6.45, 7) is 4.84. The Kier molecular flexibility index (Phi) is 3.82. The summed E-state index contributed by atoms with van der Waals surface area (Å²) in [7, 11) is 0. The van der Waals surface area contributed by atoms with Crippen molar-refractivity contribution in [1.29, 1.82) is 0 Å². The molecule has 0 aliphatic carbocycles. The van der Waals surface area contributed by atoms with Crippen LogP contribution in [-0.2, 0) is 6.54 Å². The second-order valence-corrected chi connectivity index (χ2v) is 3.92. The monoisotopic (exact) mass is 232 g/mol. The molecule has 2 rings (SSSR count). The van der Waals surface area contributed by atoms with E-state index >= 15 is 0 Å². The van der Waals surface area contributed by atoms with Crippen molar-refractivity contribution >= 4 is 0 Å². The van der Waals surface area contributed by atoms with E-state index in [4.69, 9.17) is 4.52 Å². The van der Waals surface area contributed by atoms with Gasteiger partial charge in [-0.05, 0) is 25.5 Å². The van der Waals surface area contributed by atoms with Crippen LogP contribution in [0.2, 0.25) is 0 Å². The molecule has 1 unspecified atom stereocenters. The molecule has 5 heteroatoms. The number of nitrogens with one attached hydrogen (secondary N) is 1. The number of hydrogen-bond acceptors (Lipinski definition) is 5. The quantitative estimate of drug-likeness (QED) is 0.854. The fourth-order valence-corrected chi connectivity index (χ4v) is 1.33. The molecule has 1 N–H and O–H groups in total. The summed E-state index contributed by atoms with van der Waals surface area (Å²) >= 11 is 0. The Morgan fingerprint density at radius 1 is 1.41 bits per heavy atom. The molecule has 1 atom stereocenters. The van der Waals surface area contributed by atoms with Gasteiger partial charge in [0.25, 0.3) is 0 Å². The van der Waals surface area contributed by atoms with E-state index in [1.807, 2.05) is 18.2 Å². The molecule has 5 nitrogen and oxygen atoms in total. The summed E-state index contributed by atoms with van der Waals surface area (Å²) < 4.78 is 5.15. The highest BCUT2D eigenvalue weighted by atomic mass is 16.5. The average molecular weight is 232 g/mol. The predicted molar refractivity (Wildman–Crippen MR) is 64.1 cm³/mol. The van der Waals surface area contributed by atoms with Gasteiger partial charge >= 0.3 is 0 Å². The maximum Gasteiger partial charge on any atom is 0.240 e. The molecule has 0 radical (unpaired) electrons. The number of pyridine rings is 1. The zero-order valence-corrected chi connectivity index (χ0v) is 10.1. The van der Waals surface area contributed by atoms with Gasteiger partial charge in [-0.15, -0.1) is 0 Å². The van der Waals surface area contributed by atoms with Crippen molar-refractivity contribution in [2.24, 2.45) is 0 Å². The summed E-state index contributed by atoms with van der Waals surface area (Å²) in [5.74, 6) is 1.12. The number of rotatable bonds is 5. The van der Waals surface area contributed by atoms with Gasteiger partial charge in [0.1, 0.15) is 5.69 Å². The Hall–Kier alpha value is -1.75. The van der Waals surface area contributed by atoms with Crippen LogP contribution in [0.5, 0.6) is 0 Å². The molecular weight excluding hydrogens is 216 g/mol. The van der Waals surface area contributed by atoms with Crippen LogP contribution in [0.3, 0.4) is 0 Å². The van der Waals surface area contributed by atoms with E-state index in [-0.39, 0.29) is 0 Å². The number of hydrogen-bond donors (Lipinski definition) is 1. The minimum absolute atomic E-state index is 0.445. The minimum Gasteiger partial charge on any atom is -0.337 e. The van der Waals surface area contributed by atoms with E-state index in [0.29, 0.717) is 24.3 Å². The van der Waals surface area contributed by atoms with Crippen LogP contribution in [0.4, 0.5) is 0 Å². The van der Waals surface area contributed by atoms with E-state index in [1.54, 1.807) is 6.20 Å². The van der Waals surface area contributed by atoms with Crippen molar-refractivity contribution in [1.82, 2.24) is 20.4 Å². The standard InChI is InChI=1S/C12H16N4O/c1-3-9(2)14-8-11-15-12(16-17-11)10-6-4-5-7-13-10/h4-7,9,14H,3,8H2,1-2H3. The van der Waals surface area contributed by atoms with Crippen LogP contribution in [-0.4, -0.2) is 21.2 Å². The zero-order valence-electron chi connectivity index (χ0n) is 10.1. The predicted octanol–water partition coefficient (Wildman–Crippen LogP) is 2.02. The SMILES string of the molecule is CCC(C)NCc1nc(-c2ccccn2)no1. The van der Waals surface area contributed by atoms with E-state index in [9.17, 15) is 0 Å². The minimum atomic E-state index is 0.445. The maximum absolute atomic E-state index is 5.15. The van der Waals surface area contributed by atoms with Crippen molar-refractivity contribution in [2.75, 3.05) is 0 Å². The van der Waals surface area contributed by atoms with Gasteiger partial charge in [-0.25, -0.2) is 0 Å². The second-order valence-electron chi connectivity index (χ2n) is 3.92. The van der Waals surface area contributed by atoms with E-state index < -0.39 is 0 Å². The van der Waals surface area contributed by atoms with Crippen LogP contribution in [0.25, 0.3) is 11.5 Å². The zero-order chi connectivity index (χ0) is 12.1. The lowest BCUT2D eigenvalue weighted by molar-refractivity contribution is 0.358. The molecule has 2 aromatic rings. The van der Waals surface area contributed by atoms with Crippen molar-refractivity contribution in [3.8, 4) is 11.5 Å². The van der Waals surface area contributed by atoms with E-state index in [0.717, 1.165) is 12.1 Å². The third kappa shape index (κ3) is 3.10. The van der Waals surface area contributed by atoms with Gasteiger partial charge < -0.3 is 9.84 Å². The van der Waals surface area contributed by atoms with Crippen molar-refractivity contribution in [3.63, 3.8) is 0 Å². The Morgan fingerprint density at radius 2 is 2.29 bits per heavy atom. The van der Waals surface area contributed by atoms with Gasteiger partial charge in [-0.3, -0.25) is 4.98 Å². The summed E-state index contributed by atoms with van der Waals surface area (Å²) in [6, 6.07) is 6.06. The Morgan fingerprint density at radius 3 is 3.00 bits per heavy atom. The lowest BCUT2D eigenvalue weighted by Crippen LogP contribution is -2.24. The molecule has 90 valence electrons. The van der Waals surface area contributed by atoms with Gasteiger partial charge in [0.05, 0.1) is 6.54 Å². The molecule has 17 heavy (non-hydrogen) atoms. The Balaban J connectivity index is 2.01. The topological polar surface area (TPSA) is 63.8 Å². The van der Waals surface area contributed by atoms with Gasteiger partial charge in [-0.1, -0.05) is 18.1 Å². The molecule has 0 saturated heterocycles. The summed E-state index contributed by atoms with van der Waals surface area (Å²) in [6.07, 6.45) is 2.78. The first-order valence-electron chi connectivity index (χ1n) is 5.77. The highest BCUT2D eigenvalue weighted by molar-refractivity contribution is 5.46. The molecular formula is C12H16N4O.